The average molecular weight is 258 g/mol. The maximum Gasteiger partial charge on any atom is 0.329 e. The molecule has 0 aliphatic carbocycles. The SMILES string of the molecule is CCC1(C(=O)O)CCCN1c1ccc(C)cc1C#N. The molecule has 0 saturated carbocycles. The molecule has 0 spiro atoms. The molecule has 1 N–H and O–H groups in total. The zero-order valence-electron chi connectivity index (χ0n) is 11.3. The van der Waals surface area contributed by atoms with Gasteiger partial charge in [-0.15, -0.1) is 0 Å². The van der Waals surface area contributed by atoms with Crippen molar-refractivity contribution in [3.8, 4) is 6.07 Å². The van der Waals surface area contributed by atoms with E-state index in [1.54, 1.807) is 0 Å². The lowest BCUT2D eigenvalue weighted by Crippen LogP contribution is -2.50. The fourth-order valence-corrected chi connectivity index (χ4v) is 2.95. The Balaban J connectivity index is 2.52. The summed E-state index contributed by atoms with van der Waals surface area (Å²) in [7, 11) is 0. The number of nitriles is 1. The van der Waals surface area contributed by atoms with Crippen LogP contribution >= 0.6 is 0 Å². The van der Waals surface area contributed by atoms with Gasteiger partial charge in [0, 0.05) is 6.54 Å². The predicted molar refractivity (Wildman–Crippen MR) is 73.1 cm³/mol. The number of hydrogen-bond acceptors (Lipinski definition) is 3. The molecule has 2 rings (SSSR count). The van der Waals surface area contributed by atoms with Crippen LogP contribution in [0.2, 0.25) is 0 Å². The molecule has 1 aromatic carbocycles. The van der Waals surface area contributed by atoms with Gasteiger partial charge >= 0.3 is 5.97 Å². The predicted octanol–water partition coefficient (Wildman–Crippen LogP) is 2.70. The van der Waals surface area contributed by atoms with E-state index in [9.17, 15) is 15.2 Å². The van der Waals surface area contributed by atoms with Gasteiger partial charge in [-0.25, -0.2) is 4.79 Å². The monoisotopic (exact) mass is 258 g/mol. The minimum atomic E-state index is -0.860. The van der Waals surface area contributed by atoms with E-state index in [2.05, 4.69) is 6.07 Å². The van der Waals surface area contributed by atoms with Crippen molar-refractivity contribution < 1.29 is 9.90 Å². The lowest BCUT2D eigenvalue weighted by Gasteiger charge is -2.36. The van der Waals surface area contributed by atoms with E-state index in [0.29, 0.717) is 24.9 Å². The maximum absolute atomic E-state index is 11.7. The molecule has 1 aliphatic rings. The van der Waals surface area contributed by atoms with Crippen LogP contribution in [0, 0.1) is 18.3 Å². The van der Waals surface area contributed by atoms with Gasteiger partial charge in [0.25, 0.3) is 0 Å². The first-order valence-corrected chi connectivity index (χ1v) is 6.57. The molecule has 19 heavy (non-hydrogen) atoms. The lowest BCUT2D eigenvalue weighted by molar-refractivity contribution is -0.143. The molecular formula is C15H18N2O2. The number of aryl methyl sites for hydroxylation is 1. The van der Waals surface area contributed by atoms with Crippen molar-refractivity contribution in [3.05, 3.63) is 29.3 Å². The summed E-state index contributed by atoms with van der Waals surface area (Å²) < 4.78 is 0. The molecule has 100 valence electrons. The van der Waals surface area contributed by atoms with Crippen molar-refractivity contribution >= 4 is 11.7 Å². The molecule has 1 fully saturated rings. The number of carboxylic acids is 1. The minimum absolute atomic E-state index is 0.543. The Morgan fingerprint density at radius 3 is 2.89 bits per heavy atom. The molecule has 0 bridgehead atoms. The lowest BCUT2D eigenvalue weighted by atomic mass is 9.92. The van der Waals surface area contributed by atoms with Gasteiger partial charge in [-0.3, -0.25) is 0 Å². The van der Waals surface area contributed by atoms with Gasteiger partial charge < -0.3 is 10.0 Å². The van der Waals surface area contributed by atoms with Gasteiger partial charge in [0.15, 0.2) is 0 Å². The highest BCUT2D eigenvalue weighted by Crippen LogP contribution is 2.38. The smallest absolute Gasteiger partial charge is 0.329 e. The van der Waals surface area contributed by atoms with Crippen molar-refractivity contribution in [1.29, 1.82) is 5.26 Å². The van der Waals surface area contributed by atoms with Gasteiger partial charge in [0.2, 0.25) is 0 Å². The Morgan fingerprint density at radius 2 is 2.32 bits per heavy atom. The molecule has 0 amide bonds. The second-order valence-electron chi connectivity index (χ2n) is 5.08. The van der Waals surface area contributed by atoms with E-state index < -0.39 is 11.5 Å². The standard InChI is InChI=1S/C15H18N2O2/c1-3-15(14(18)19)7-4-8-17(15)13-6-5-11(2)9-12(13)10-16/h5-6,9H,3-4,7-8H2,1-2H3,(H,18,19). The summed E-state index contributed by atoms with van der Waals surface area (Å²) in [5.41, 5.74) is 1.45. The second kappa shape index (κ2) is 4.93. The Hall–Kier alpha value is -2.02. The van der Waals surface area contributed by atoms with Crippen LogP contribution in [0.1, 0.15) is 37.3 Å². The topological polar surface area (TPSA) is 64.3 Å². The van der Waals surface area contributed by atoms with Crippen molar-refractivity contribution in [3.63, 3.8) is 0 Å². The Morgan fingerprint density at radius 1 is 1.58 bits per heavy atom. The Bertz CT molecular complexity index is 548. The van der Waals surface area contributed by atoms with E-state index in [1.807, 2.05) is 36.9 Å². The van der Waals surface area contributed by atoms with Crippen LogP contribution in [-0.4, -0.2) is 23.2 Å². The Kier molecular flexibility index (Phi) is 3.48. The summed E-state index contributed by atoms with van der Waals surface area (Å²) >= 11 is 0. The first-order valence-electron chi connectivity index (χ1n) is 6.57. The van der Waals surface area contributed by atoms with Gasteiger partial charge in [0.1, 0.15) is 11.6 Å². The van der Waals surface area contributed by atoms with Crippen LogP contribution < -0.4 is 4.90 Å². The van der Waals surface area contributed by atoms with E-state index in [4.69, 9.17) is 0 Å². The number of anilines is 1. The summed E-state index contributed by atoms with van der Waals surface area (Å²) in [6, 6.07) is 7.79. The van der Waals surface area contributed by atoms with E-state index in [0.717, 1.165) is 17.7 Å². The number of nitrogens with zero attached hydrogens (tertiary/aromatic N) is 2. The molecule has 1 heterocycles. The summed E-state index contributed by atoms with van der Waals surface area (Å²) in [5.74, 6) is -0.794. The summed E-state index contributed by atoms with van der Waals surface area (Å²) in [6.07, 6.45) is 2.03. The highest BCUT2D eigenvalue weighted by Gasteiger charge is 2.46. The summed E-state index contributed by atoms with van der Waals surface area (Å²) in [5, 5.41) is 18.8. The second-order valence-corrected chi connectivity index (χ2v) is 5.08. The van der Waals surface area contributed by atoms with E-state index >= 15 is 0 Å². The van der Waals surface area contributed by atoms with E-state index in [-0.39, 0.29) is 0 Å². The summed E-state index contributed by atoms with van der Waals surface area (Å²) in [4.78, 5) is 13.6. The van der Waals surface area contributed by atoms with Crippen LogP contribution in [0.25, 0.3) is 0 Å². The molecule has 0 aromatic heterocycles. The molecule has 0 radical (unpaired) electrons. The van der Waals surface area contributed by atoms with Crippen molar-refractivity contribution in [2.45, 2.75) is 38.6 Å². The van der Waals surface area contributed by atoms with Crippen LogP contribution in [0.4, 0.5) is 5.69 Å². The molecule has 4 nitrogen and oxygen atoms in total. The average Bonchev–Trinajstić information content (AvgIpc) is 2.83. The third-order valence-corrected chi connectivity index (χ3v) is 4.04. The van der Waals surface area contributed by atoms with Crippen LogP contribution in [0.5, 0.6) is 0 Å². The molecule has 1 unspecified atom stereocenters. The molecule has 1 saturated heterocycles. The number of rotatable bonds is 3. The number of aliphatic carboxylic acids is 1. The Labute approximate surface area is 113 Å². The van der Waals surface area contributed by atoms with Gasteiger partial charge in [0.05, 0.1) is 11.3 Å². The normalized spacial score (nSPS) is 22.3. The van der Waals surface area contributed by atoms with Crippen LogP contribution in [0.15, 0.2) is 18.2 Å². The van der Waals surface area contributed by atoms with Crippen molar-refractivity contribution in [1.82, 2.24) is 0 Å². The van der Waals surface area contributed by atoms with Gasteiger partial charge in [-0.1, -0.05) is 13.0 Å². The number of hydrogen-bond donors (Lipinski definition) is 1. The molecule has 1 aliphatic heterocycles. The third kappa shape index (κ3) is 2.06. The maximum atomic E-state index is 11.7. The first-order chi connectivity index (χ1) is 9.05. The van der Waals surface area contributed by atoms with Crippen LogP contribution in [-0.2, 0) is 4.79 Å². The van der Waals surface area contributed by atoms with Crippen molar-refractivity contribution in [2.24, 2.45) is 0 Å². The fraction of sp³-hybridized carbons (Fsp3) is 0.467. The van der Waals surface area contributed by atoms with Crippen molar-refractivity contribution in [2.75, 3.05) is 11.4 Å². The minimum Gasteiger partial charge on any atom is -0.479 e. The van der Waals surface area contributed by atoms with E-state index in [1.165, 1.54) is 0 Å². The summed E-state index contributed by atoms with van der Waals surface area (Å²) in [6.45, 7) is 4.52. The number of benzene rings is 1. The highest BCUT2D eigenvalue weighted by atomic mass is 16.4. The fourth-order valence-electron chi connectivity index (χ4n) is 2.95. The quantitative estimate of drug-likeness (QED) is 0.905. The largest absolute Gasteiger partial charge is 0.479 e. The number of carboxylic acid groups (broad SMARTS) is 1. The molecule has 1 aromatic rings. The first kappa shape index (κ1) is 13.4. The third-order valence-electron chi connectivity index (χ3n) is 4.04. The molecule has 1 atom stereocenters. The highest BCUT2D eigenvalue weighted by molar-refractivity contribution is 5.85. The van der Waals surface area contributed by atoms with Gasteiger partial charge in [-0.2, -0.15) is 5.26 Å². The van der Waals surface area contributed by atoms with Crippen LogP contribution in [0.3, 0.4) is 0 Å². The molecule has 4 heteroatoms. The zero-order valence-corrected chi connectivity index (χ0v) is 11.3. The molecular weight excluding hydrogens is 240 g/mol. The zero-order chi connectivity index (χ0) is 14.0. The number of carbonyl (C=O) groups is 1. The van der Waals surface area contributed by atoms with Gasteiger partial charge in [-0.05, 0) is 43.9 Å².